The van der Waals surface area contributed by atoms with E-state index in [9.17, 15) is 9.59 Å². The van der Waals surface area contributed by atoms with Gasteiger partial charge in [-0.05, 0) is 6.07 Å². The van der Waals surface area contributed by atoms with Crippen molar-refractivity contribution in [2.24, 2.45) is 5.73 Å². The van der Waals surface area contributed by atoms with E-state index in [1.165, 1.54) is 17.9 Å². The van der Waals surface area contributed by atoms with Crippen LogP contribution in [0.2, 0.25) is 0 Å². The number of nitrogens with zero attached hydrogens (tertiary/aromatic N) is 1. The summed E-state index contributed by atoms with van der Waals surface area (Å²) < 4.78 is 6.01. The van der Waals surface area contributed by atoms with Crippen LogP contribution in [0.4, 0.5) is 0 Å². The maximum atomic E-state index is 10.9. The first kappa shape index (κ1) is 13.8. The van der Waals surface area contributed by atoms with E-state index >= 15 is 0 Å². The monoisotopic (exact) mass is 322 g/mol. The molecule has 0 aliphatic heterocycles. The number of halogens is 1. The van der Waals surface area contributed by atoms with Gasteiger partial charge >= 0.3 is 5.97 Å². The fourth-order valence-electron chi connectivity index (χ4n) is 0.980. The van der Waals surface area contributed by atoms with Gasteiger partial charge in [-0.1, -0.05) is 0 Å². The van der Waals surface area contributed by atoms with Gasteiger partial charge < -0.3 is 34.4 Å². The van der Waals surface area contributed by atoms with Crippen LogP contribution in [0.25, 0.3) is 0 Å². The average molecular weight is 322 g/mol. The van der Waals surface area contributed by atoms with Crippen molar-refractivity contribution in [1.82, 2.24) is 0 Å². The number of amides is 1. The Morgan fingerprint density at radius 3 is 2.73 bits per heavy atom. The second-order valence-corrected chi connectivity index (χ2v) is 2.71. The number of ether oxygens (including phenoxy) is 1. The predicted octanol–water partition coefficient (Wildman–Crippen LogP) is -3.75. The number of pyridine rings is 1. The van der Waals surface area contributed by atoms with Crippen molar-refractivity contribution in [3.63, 3.8) is 0 Å². The van der Waals surface area contributed by atoms with E-state index in [2.05, 4.69) is 4.74 Å². The van der Waals surface area contributed by atoms with Crippen LogP contribution in [0.3, 0.4) is 0 Å². The number of esters is 1. The summed E-state index contributed by atoms with van der Waals surface area (Å²) in [5, 5.41) is 0. The van der Waals surface area contributed by atoms with Crippen molar-refractivity contribution in [3.8, 4) is 0 Å². The van der Waals surface area contributed by atoms with Gasteiger partial charge in [-0.2, -0.15) is 4.57 Å². The number of hydrogen-bond acceptors (Lipinski definition) is 3. The second kappa shape index (κ2) is 6.33. The molecule has 1 rings (SSSR count). The standard InChI is InChI=1S/C9H10N2O3.HI/c1-14-8(12)6-11-4-2-3-7(5-11)9(10)13;/h2-5H,6H2,1H3,(H-,10,13);1H. The molecular formula is C9H11IN2O3. The summed E-state index contributed by atoms with van der Waals surface area (Å²) in [4.78, 5) is 21.7. The Morgan fingerprint density at radius 1 is 1.53 bits per heavy atom. The van der Waals surface area contributed by atoms with Crippen LogP contribution in [0.1, 0.15) is 10.4 Å². The Bertz CT molecular complexity index is 368. The third-order valence-corrected chi connectivity index (χ3v) is 1.68. The van der Waals surface area contributed by atoms with Gasteiger partial charge in [0.15, 0.2) is 12.4 Å². The summed E-state index contributed by atoms with van der Waals surface area (Å²) in [7, 11) is 1.31. The smallest absolute Gasteiger partial charge is 0.372 e. The molecule has 0 fully saturated rings. The Morgan fingerprint density at radius 2 is 2.20 bits per heavy atom. The highest BCUT2D eigenvalue weighted by atomic mass is 127. The first-order chi connectivity index (χ1) is 6.63. The molecule has 0 aliphatic rings. The molecule has 1 amide bonds. The number of methoxy groups -OCH3 is 1. The van der Waals surface area contributed by atoms with Crippen molar-refractivity contribution in [2.75, 3.05) is 7.11 Å². The molecule has 0 aromatic carbocycles. The topological polar surface area (TPSA) is 73.3 Å². The maximum Gasteiger partial charge on any atom is 0.372 e. The van der Waals surface area contributed by atoms with E-state index in [-0.39, 0.29) is 36.5 Å². The summed E-state index contributed by atoms with van der Waals surface area (Å²) in [6, 6.07) is 3.22. The number of hydrogen-bond donors (Lipinski definition) is 1. The van der Waals surface area contributed by atoms with Crippen molar-refractivity contribution in [1.29, 1.82) is 0 Å². The fourth-order valence-corrected chi connectivity index (χ4v) is 0.980. The largest absolute Gasteiger partial charge is 1.00 e. The fraction of sp³-hybridized carbons (Fsp3) is 0.222. The normalized spacial score (nSPS) is 8.87. The first-order valence-electron chi connectivity index (χ1n) is 3.99. The molecule has 1 aromatic heterocycles. The zero-order valence-electron chi connectivity index (χ0n) is 8.14. The quantitative estimate of drug-likeness (QED) is 0.353. The highest BCUT2D eigenvalue weighted by Gasteiger charge is 2.11. The third kappa shape index (κ3) is 4.24. The zero-order chi connectivity index (χ0) is 10.6. The Kier molecular flexibility index (Phi) is 5.83. The number of aromatic nitrogens is 1. The molecule has 1 aromatic rings. The van der Waals surface area contributed by atoms with E-state index in [0.29, 0.717) is 5.56 Å². The van der Waals surface area contributed by atoms with Crippen LogP contribution in [0, 0.1) is 0 Å². The van der Waals surface area contributed by atoms with E-state index in [1.807, 2.05) is 0 Å². The molecule has 1 heterocycles. The van der Waals surface area contributed by atoms with Gasteiger partial charge in [0.05, 0.1) is 7.11 Å². The molecule has 0 unspecified atom stereocenters. The van der Waals surface area contributed by atoms with Gasteiger partial charge in [0.25, 0.3) is 5.91 Å². The van der Waals surface area contributed by atoms with Gasteiger partial charge in [-0.25, -0.2) is 4.79 Å². The average Bonchev–Trinajstić information content (AvgIpc) is 2.18. The minimum absolute atomic E-state index is 0. The number of nitrogens with two attached hydrogens (primary N) is 1. The molecule has 0 aliphatic carbocycles. The lowest BCUT2D eigenvalue weighted by Gasteiger charge is -1.96. The maximum absolute atomic E-state index is 10.9. The van der Waals surface area contributed by atoms with Crippen molar-refractivity contribution in [3.05, 3.63) is 30.1 Å². The van der Waals surface area contributed by atoms with Crippen LogP contribution in [0.15, 0.2) is 24.5 Å². The van der Waals surface area contributed by atoms with Gasteiger partial charge in [0, 0.05) is 6.07 Å². The SMILES string of the molecule is COC(=O)C[n+]1cccc(C(N)=O)c1.[I-]. The van der Waals surface area contributed by atoms with Gasteiger partial charge in [-0.3, -0.25) is 4.79 Å². The first-order valence-corrected chi connectivity index (χ1v) is 3.99. The zero-order valence-corrected chi connectivity index (χ0v) is 10.3. The van der Waals surface area contributed by atoms with Crippen LogP contribution < -0.4 is 34.3 Å². The lowest BCUT2D eigenvalue weighted by atomic mass is 10.3. The van der Waals surface area contributed by atoms with Crippen molar-refractivity contribution < 1.29 is 42.9 Å². The second-order valence-electron chi connectivity index (χ2n) is 2.71. The lowest BCUT2D eigenvalue weighted by Crippen LogP contribution is -3.00. The Balaban J connectivity index is 0.00000196. The third-order valence-electron chi connectivity index (χ3n) is 1.68. The van der Waals surface area contributed by atoms with Crippen molar-refractivity contribution >= 4 is 11.9 Å². The molecule has 5 nitrogen and oxygen atoms in total. The molecule has 0 spiro atoms. The molecule has 15 heavy (non-hydrogen) atoms. The van der Waals surface area contributed by atoms with Crippen LogP contribution in [0.5, 0.6) is 0 Å². The minimum Gasteiger partial charge on any atom is -1.00 e. The number of carbonyl (C=O) groups excluding carboxylic acids is 2. The summed E-state index contributed by atoms with van der Waals surface area (Å²) in [6.07, 6.45) is 3.16. The van der Waals surface area contributed by atoms with E-state index in [1.54, 1.807) is 18.3 Å². The molecule has 0 radical (unpaired) electrons. The van der Waals surface area contributed by atoms with E-state index in [4.69, 9.17) is 5.73 Å². The summed E-state index contributed by atoms with van der Waals surface area (Å²) in [5.74, 6) is -0.902. The number of primary amides is 1. The molecular weight excluding hydrogens is 311 g/mol. The van der Waals surface area contributed by atoms with E-state index < -0.39 is 5.91 Å². The van der Waals surface area contributed by atoms with Gasteiger partial charge in [0.2, 0.25) is 6.54 Å². The predicted molar refractivity (Wildman–Crippen MR) is 47.2 cm³/mol. The summed E-state index contributed by atoms with van der Waals surface area (Å²) in [6.45, 7) is 0.0671. The van der Waals surface area contributed by atoms with Crippen molar-refractivity contribution in [2.45, 2.75) is 6.54 Å². The molecule has 2 N–H and O–H groups in total. The lowest BCUT2D eigenvalue weighted by molar-refractivity contribution is -0.686. The highest BCUT2D eigenvalue weighted by molar-refractivity contribution is 5.92. The van der Waals surface area contributed by atoms with Crippen LogP contribution in [-0.4, -0.2) is 19.0 Å². The number of carbonyl (C=O) groups is 2. The Labute approximate surface area is 104 Å². The molecule has 0 bridgehead atoms. The molecule has 0 saturated heterocycles. The minimum atomic E-state index is -0.524. The van der Waals surface area contributed by atoms with Crippen LogP contribution in [-0.2, 0) is 16.1 Å². The highest BCUT2D eigenvalue weighted by Crippen LogP contribution is 1.91. The summed E-state index contributed by atoms with van der Waals surface area (Å²) in [5.41, 5.74) is 5.44. The Hall–Kier alpha value is -1.18. The molecule has 0 atom stereocenters. The molecule has 82 valence electrons. The molecule has 0 saturated carbocycles. The number of rotatable bonds is 3. The van der Waals surface area contributed by atoms with E-state index in [0.717, 1.165) is 0 Å². The van der Waals surface area contributed by atoms with Gasteiger partial charge in [0.1, 0.15) is 5.56 Å². The van der Waals surface area contributed by atoms with Crippen LogP contribution >= 0.6 is 0 Å². The van der Waals surface area contributed by atoms with Gasteiger partial charge in [-0.15, -0.1) is 0 Å². The molecule has 6 heteroatoms. The summed E-state index contributed by atoms with van der Waals surface area (Å²) >= 11 is 0.